The first-order valence-corrected chi connectivity index (χ1v) is 5.75. The van der Waals surface area contributed by atoms with Gasteiger partial charge in [-0.05, 0) is 30.7 Å². The molecule has 1 unspecified atom stereocenters. The molecule has 90 valence electrons. The Hall–Kier alpha value is -2.36. The van der Waals surface area contributed by atoms with Gasteiger partial charge in [0.05, 0.1) is 17.6 Å². The van der Waals surface area contributed by atoms with Crippen LogP contribution in [0, 0.1) is 0 Å². The standard InChI is InChI=1S/C14H12N2O2/c1-8(14(17)18)9-2-3-12-11(6-9)10-4-5-15-7-13(10)16-12/h2-8,16H,1H3,(H,17,18). The van der Waals surface area contributed by atoms with E-state index < -0.39 is 11.9 Å². The van der Waals surface area contributed by atoms with Gasteiger partial charge in [-0.3, -0.25) is 9.78 Å². The van der Waals surface area contributed by atoms with Crippen LogP contribution in [-0.2, 0) is 4.79 Å². The quantitative estimate of drug-likeness (QED) is 0.723. The molecular weight excluding hydrogens is 228 g/mol. The van der Waals surface area contributed by atoms with E-state index in [1.54, 1.807) is 19.3 Å². The van der Waals surface area contributed by atoms with Crippen LogP contribution in [0.3, 0.4) is 0 Å². The van der Waals surface area contributed by atoms with E-state index in [4.69, 9.17) is 5.11 Å². The first kappa shape index (κ1) is 10.8. The molecule has 0 saturated heterocycles. The lowest BCUT2D eigenvalue weighted by molar-refractivity contribution is -0.138. The number of aromatic amines is 1. The molecular formula is C14H12N2O2. The summed E-state index contributed by atoms with van der Waals surface area (Å²) in [4.78, 5) is 18.4. The molecule has 2 aromatic heterocycles. The number of hydrogen-bond acceptors (Lipinski definition) is 2. The second-order valence-corrected chi connectivity index (χ2v) is 4.41. The van der Waals surface area contributed by atoms with Gasteiger partial charge < -0.3 is 10.1 Å². The van der Waals surface area contributed by atoms with Crippen molar-refractivity contribution < 1.29 is 9.90 Å². The van der Waals surface area contributed by atoms with Gasteiger partial charge in [0.1, 0.15) is 0 Å². The van der Waals surface area contributed by atoms with Crippen LogP contribution in [0.15, 0.2) is 36.7 Å². The number of fused-ring (bicyclic) bond motifs is 3. The van der Waals surface area contributed by atoms with Crippen molar-refractivity contribution in [2.75, 3.05) is 0 Å². The molecule has 0 aliphatic rings. The molecule has 2 N–H and O–H groups in total. The minimum Gasteiger partial charge on any atom is -0.481 e. The Morgan fingerprint density at radius 1 is 1.28 bits per heavy atom. The number of rotatable bonds is 2. The second kappa shape index (κ2) is 3.84. The first-order chi connectivity index (χ1) is 8.66. The Morgan fingerprint density at radius 3 is 2.89 bits per heavy atom. The number of carbonyl (C=O) groups is 1. The van der Waals surface area contributed by atoms with Crippen molar-refractivity contribution in [3.05, 3.63) is 42.2 Å². The highest BCUT2D eigenvalue weighted by Crippen LogP contribution is 2.27. The minimum atomic E-state index is -0.809. The molecule has 3 aromatic rings. The van der Waals surface area contributed by atoms with E-state index in [-0.39, 0.29) is 0 Å². The SMILES string of the molecule is CC(C(=O)O)c1ccc2[nH]c3cnccc3c2c1. The third-order valence-corrected chi connectivity index (χ3v) is 3.29. The number of H-pyrrole nitrogens is 1. The predicted molar refractivity (Wildman–Crippen MR) is 69.7 cm³/mol. The topological polar surface area (TPSA) is 66.0 Å². The molecule has 0 saturated carbocycles. The summed E-state index contributed by atoms with van der Waals surface area (Å²) >= 11 is 0. The molecule has 0 radical (unpaired) electrons. The number of aromatic nitrogens is 2. The number of benzene rings is 1. The number of pyridine rings is 1. The monoisotopic (exact) mass is 240 g/mol. The van der Waals surface area contributed by atoms with Gasteiger partial charge >= 0.3 is 5.97 Å². The summed E-state index contributed by atoms with van der Waals surface area (Å²) < 4.78 is 0. The fraction of sp³-hybridized carbons (Fsp3) is 0.143. The molecule has 0 fully saturated rings. The molecule has 0 spiro atoms. The molecule has 2 heterocycles. The fourth-order valence-electron chi connectivity index (χ4n) is 2.18. The zero-order valence-corrected chi connectivity index (χ0v) is 9.84. The predicted octanol–water partition coefficient (Wildman–Crippen LogP) is 2.90. The van der Waals surface area contributed by atoms with Gasteiger partial charge in [0.2, 0.25) is 0 Å². The van der Waals surface area contributed by atoms with Gasteiger partial charge in [-0.2, -0.15) is 0 Å². The molecule has 18 heavy (non-hydrogen) atoms. The molecule has 0 aliphatic carbocycles. The molecule has 4 nitrogen and oxygen atoms in total. The van der Waals surface area contributed by atoms with Crippen molar-refractivity contribution in [2.24, 2.45) is 0 Å². The second-order valence-electron chi connectivity index (χ2n) is 4.41. The summed E-state index contributed by atoms with van der Waals surface area (Å²) in [7, 11) is 0. The van der Waals surface area contributed by atoms with E-state index in [0.717, 1.165) is 27.4 Å². The third kappa shape index (κ3) is 1.54. The highest BCUT2D eigenvalue weighted by atomic mass is 16.4. The van der Waals surface area contributed by atoms with Gasteiger partial charge in [-0.15, -0.1) is 0 Å². The van der Waals surface area contributed by atoms with E-state index in [1.807, 2.05) is 24.3 Å². The number of nitrogens with one attached hydrogen (secondary N) is 1. The van der Waals surface area contributed by atoms with Crippen molar-refractivity contribution >= 4 is 27.8 Å². The van der Waals surface area contributed by atoms with Crippen molar-refractivity contribution in [2.45, 2.75) is 12.8 Å². The van der Waals surface area contributed by atoms with E-state index in [2.05, 4.69) is 9.97 Å². The van der Waals surface area contributed by atoms with Crippen molar-refractivity contribution in [1.82, 2.24) is 9.97 Å². The summed E-state index contributed by atoms with van der Waals surface area (Å²) in [5.41, 5.74) is 2.78. The molecule has 0 amide bonds. The zero-order valence-electron chi connectivity index (χ0n) is 9.84. The first-order valence-electron chi connectivity index (χ1n) is 5.75. The highest BCUT2D eigenvalue weighted by molar-refractivity contribution is 6.07. The Kier molecular flexibility index (Phi) is 2.30. The van der Waals surface area contributed by atoms with Crippen LogP contribution in [-0.4, -0.2) is 21.0 Å². The average Bonchev–Trinajstić information content (AvgIpc) is 2.75. The lowest BCUT2D eigenvalue weighted by Crippen LogP contribution is -2.06. The highest BCUT2D eigenvalue weighted by Gasteiger charge is 2.14. The largest absolute Gasteiger partial charge is 0.481 e. The lowest BCUT2D eigenvalue weighted by atomic mass is 9.99. The Morgan fingerprint density at radius 2 is 2.11 bits per heavy atom. The maximum Gasteiger partial charge on any atom is 0.310 e. The van der Waals surface area contributed by atoms with Gasteiger partial charge in [-0.25, -0.2) is 0 Å². The summed E-state index contributed by atoms with van der Waals surface area (Å²) in [6, 6.07) is 7.64. The van der Waals surface area contributed by atoms with Crippen molar-refractivity contribution in [3.63, 3.8) is 0 Å². The van der Waals surface area contributed by atoms with E-state index >= 15 is 0 Å². The maximum absolute atomic E-state index is 11.0. The number of carboxylic acid groups (broad SMARTS) is 1. The molecule has 3 rings (SSSR count). The van der Waals surface area contributed by atoms with E-state index in [9.17, 15) is 4.79 Å². The Labute approximate surface area is 103 Å². The third-order valence-electron chi connectivity index (χ3n) is 3.29. The van der Waals surface area contributed by atoms with E-state index in [0.29, 0.717) is 0 Å². The average molecular weight is 240 g/mol. The summed E-state index contributed by atoms with van der Waals surface area (Å²) in [5, 5.41) is 11.2. The summed E-state index contributed by atoms with van der Waals surface area (Å²) in [6.07, 6.45) is 3.51. The molecule has 0 bridgehead atoms. The molecule has 4 heteroatoms. The number of carboxylic acids is 1. The Bertz CT molecular complexity index is 746. The van der Waals surface area contributed by atoms with Crippen LogP contribution >= 0.6 is 0 Å². The molecule has 1 atom stereocenters. The number of nitrogens with zero attached hydrogens (tertiary/aromatic N) is 1. The maximum atomic E-state index is 11.0. The van der Waals surface area contributed by atoms with Gasteiger partial charge in [0, 0.05) is 22.5 Å². The van der Waals surface area contributed by atoms with Crippen LogP contribution < -0.4 is 0 Å². The smallest absolute Gasteiger partial charge is 0.310 e. The fourth-order valence-corrected chi connectivity index (χ4v) is 2.18. The minimum absolute atomic E-state index is 0.499. The van der Waals surface area contributed by atoms with Crippen LogP contribution in [0.4, 0.5) is 0 Å². The molecule has 0 aliphatic heterocycles. The van der Waals surface area contributed by atoms with E-state index in [1.165, 1.54) is 0 Å². The molecule has 1 aromatic carbocycles. The number of hydrogen-bond donors (Lipinski definition) is 2. The summed E-state index contributed by atoms with van der Waals surface area (Å²) in [6.45, 7) is 1.69. The van der Waals surface area contributed by atoms with Gasteiger partial charge in [-0.1, -0.05) is 6.07 Å². The van der Waals surface area contributed by atoms with Crippen LogP contribution in [0.5, 0.6) is 0 Å². The van der Waals surface area contributed by atoms with Crippen molar-refractivity contribution in [3.8, 4) is 0 Å². The van der Waals surface area contributed by atoms with Crippen LogP contribution in [0.2, 0.25) is 0 Å². The van der Waals surface area contributed by atoms with Crippen molar-refractivity contribution in [1.29, 1.82) is 0 Å². The lowest BCUT2D eigenvalue weighted by Gasteiger charge is -2.06. The van der Waals surface area contributed by atoms with Crippen LogP contribution in [0.25, 0.3) is 21.8 Å². The van der Waals surface area contributed by atoms with Crippen LogP contribution in [0.1, 0.15) is 18.4 Å². The van der Waals surface area contributed by atoms with Gasteiger partial charge in [0.15, 0.2) is 0 Å². The summed E-state index contributed by atoms with van der Waals surface area (Å²) in [5.74, 6) is -1.31. The normalized spacial score (nSPS) is 12.9. The van der Waals surface area contributed by atoms with Gasteiger partial charge in [0.25, 0.3) is 0 Å². The Balaban J connectivity index is 2.27. The zero-order chi connectivity index (χ0) is 12.7. The number of aliphatic carboxylic acids is 1.